The van der Waals surface area contributed by atoms with Crippen molar-refractivity contribution in [3.05, 3.63) is 30.1 Å². The molecule has 5 heteroatoms. The fraction of sp³-hybridized carbons (Fsp3) is 0.400. The highest BCUT2D eigenvalue weighted by Crippen LogP contribution is 2.07. The fourth-order valence-electron chi connectivity index (χ4n) is 1.35. The maximum atomic E-state index is 12.1. The number of aromatic nitrogens is 1. The summed E-state index contributed by atoms with van der Waals surface area (Å²) in [6.07, 6.45) is 3.35. The summed E-state index contributed by atoms with van der Waals surface area (Å²) >= 11 is 0. The topological polar surface area (TPSA) is 37.7 Å². The minimum Gasteiger partial charge on any atom is -0.474 e. The second-order valence-electron chi connectivity index (χ2n) is 3.13. The van der Waals surface area contributed by atoms with Gasteiger partial charge in [0.15, 0.2) is 0 Å². The predicted octanol–water partition coefficient (Wildman–Crippen LogP) is 1.04. The minimum atomic E-state index is -0.396. The van der Waals surface area contributed by atoms with Gasteiger partial charge in [0.1, 0.15) is 13.3 Å². The summed E-state index contributed by atoms with van der Waals surface area (Å²) < 4.78 is 17.5. The van der Waals surface area contributed by atoms with Crippen molar-refractivity contribution < 1.29 is 9.13 Å². The quantitative estimate of drug-likeness (QED) is 0.746. The van der Waals surface area contributed by atoms with Crippen LogP contribution in [-0.2, 0) is 4.74 Å². The van der Waals surface area contributed by atoms with Crippen LogP contribution in [0.3, 0.4) is 0 Å². The van der Waals surface area contributed by atoms with Gasteiger partial charge in [0.2, 0.25) is 5.90 Å². The fourth-order valence-corrected chi connectivity index (χ4v) is 1.35. The average Bonchev–Trinajstić information content (AvgIpc) is 2.31. The number of nitrogens with zero attached hydrogens (tertiary/aromatic N) is 3. The van der Waals surface area contributed by atoms with E-state index in [1.54, 1.807) is 17.4 Å². The maximum Gasteiger partial charge on any atom is 0.238 e. The molecule has 1 aliphatic heterocycles. The summed E-state index contributed by atoms with van der Waals surface area (Å²) in [5.74, 6) is 0.539. The number of ether oxygens (including phenoxy) is 1. The molecule has 0 saturated carbocycles. The van der Waals surface area contributed by atoms with Crippen LogP contribution in [-0.4, -0.2) is 42.3 Å². The van der Waals surface area contributed by atoms with Crippen molar-refractivity contribution >= 4 is 5.90 Å². The first-order valence-electron chi connectivity index (χ1n) is 4.83. The van der Waals surface area contributed by atoms with E-state index in [4.69, 9.17) is 4.74 Å². The molecule has 0 radical (unpaired) electrons. The molecule has 0 aliphatic carbocycles. The molecule has 1 aromatic rings. The van der Waals surface area contributed by atoms with Crippen molar-refractivity contribution in [3.63, 3.8) is 0 Å². The van der Waals surface area contributed by atoms with Gasteiger partial charge in [-0.3, -0.25) is 9.99 Å². The van der Waals surface area contributed by atoms with E-state index in [0.29, 0.717) is 25.6 Å². The Morgan fingerprint density at radius 1 is 1.40 bits per heavy atom. The Morgan fingerprint density at radius 2 is 2.20 bits per heavy atom. The van der Waals surface area contributed by atoms with Crippen molar-refractivity contribution in [3.8, 4) is 0 Å². The van der Waals surface area contributed by atoms with Gasteiger partial charge in [-0.15, -0.1) is 5.10 Å². The van der Waals surface area contributed by atoms with E-state index in [-0.39, 0.29) is 0 Å². The van der Waals surface area contributed by atoms with Crippen molar-refractivity contribution in [1.29, 1.82) is 0 Å². The van der Waals surface area contributed by atoms with E-state index in [1.165, 1.54) is 0 Å². The monoisotopic (exact) mass is 209 g/mol. The SMILES string of the molecule is FCCN1CCOC(c2ccncc2)=N1. The van der Waals surface area contributed by atoms with E-state index < -0.39 is 6.67 Å². The van der Waals surface area contributed by atoms with Crippen molar-refractivity contribution in [1.82, 2.24) is 9.99 Å². The molecule has 80 valence electrons. The number of hydrogen-bond donors (Lipinski definition) is 0. The maximum absolute atomic E-state index is 12.1. The van der Waals surface area contributed by atoms with Gasteiger partial charge in [0, 0.05) is 18.0 Å². The lowest BCUT2D eigenvalue weighted by atomic mass is 10.3. The van der Waals surface area contributed by atoms with Crippen LogP contribution in [0.25, 0.3) is 0 Å². The molecule has 15 heavy (non-hydrogen) atoms. The normalized spacial score (nSPS) is 15.8. The summed E-state index contributed by atoms with van der Waals surface area (Å²) in [7, 11) is 0. The van der Waals surface area contributed by atoms with Crippen LogP contribution >= 0.6 is 0 Å². The van der Waals surface area contributed by atoms with Gasteiger partial charge in [-0.1, -0.05) is 0 Å². The van der Waals surface area contributed by atoms with Gasteiger partial charge in [-0.05, 0) is 12.1 Å². The van der Waals surface area contributed by atoms with Gasteiger partial charge in [-0.25, -0.2) is 4.39 Å². The van der Waals surface area contributed by atoms with Gasteiger partial charge < -0.3 is 4.74 Å². The summed E-state index contributed by atoms with van der Waals surface area (Å²) in [6, 6.07) is 3.63. The van der Waals surface area contributed by atoms with Crippen LogP contribution in [0.4, 0.5) is 4.39 Å². The van der Waals surface area contributed by atoms with E-state index in [1.807, 2.05) is 12.1 Å². The average molecular weight is 209 g/mol. The lowest BCUT2D eigenvalue weighted by Crippen LogP contribution is -2.32. The Morgan fingerprint density at radius 3 is 2.93 bits per heavy atom. The Bertz CT molecular complexity index is 342. The Balaban J connectivity index is 2.15. The van der Waals surface area contributed by atoms with Gasteiger partial charge in [-0.2, -0.15) is 0 Å². The number of alkyl halides is 1. The highest BCUT2D eigenvalue weighted by Gasteiger charge is 2.13. The van der Waals surface area contributed by atoms with Crippen LogP contribution in [0.2, 0.25) is 0 Å². The smallest absolute Gasteiger partial charge is 0.238 e. The first-order valence-corrected chi connectivity index (χ1v) is 4.83. The van der Waals surface area contributed by atoms with Crippen LogP contribution in [0.15, 0.2) is 29.6 Å². The second-order valence-corrected chi connectivity index (χ2v) is 3.13. The molecular weight excluding hydrogens is 197 g/mol. The van der Waals surface area contributed by atoms with E-state index in [9.17, 15) is 4.39 Å². The number of hydrogen-bond acceptors (Lipinski definition) is 4. The third-order valence-corrected chi connectivity index (χ3v) is 2.09. The van der Waals surface area contributed by atoms with Gasteiger partial charge in [0.05, 0.1) is 13.1 Å². The molecule has 2 heterocycles. The molecule has 0 bridgehead atoms. The molecular formula is C10H12FN3O. The van der Waals surface area contributed by atoms with Crippen LogP contribution in [0, 0.1) is 0 Å². The lowest BCUT2D eigenvalue weighted by molar-refractivity contribution is 0.159. The third-order valence-electron chi connectivity index (χ3n) is 2.09. The first kappa shape index (κ1) is 9.89. The number of halogens is 1. The molecule has 0 atom stereocenters. The molecule has 0 aromatic carbocycles. The molecule has 0 amide bonds. The Labute approximate surface area is 87.4 Å². The minimum absolute atomic E-state index is 0.317. The molecule has 0 N–H and O–H groups in total. The Kier molecular flexibility index (Phi) is 3.11. The summed E-state index contributed by atoms with van der Waals surface area (Å²) in [5.41, 5.74) is 0.869. The largest absolute Gasteiger partial charge is 0.474 e. The zero-order valence-electron chi connectivity index (χ0n) is 8.27. The highest BCUT2D eigenvalue weighted by atomic mass is 19.1. The zero-order chi connectivity index (χ0) is 10.5. The number of hydrazone groups is 1. The first-order chi connectivity index (χ1) is 7.40. The molecule has 2 rings (SSSR count). The lowest BCUT2D eigenvalue weighted by Gasteiger charge is -2.24. The molecule has 4 nitrogen and oxygen atoms in total. The third kappa shape index (κ3) is 2.43. The number of pyridine rings is 1. The highest BCUT2D eigenvalue weighted by molar-refractivity contribution is 5.93. The summed E-state index contributed by atoms with van der Waals surface area (Å²) in [5, 5.41) is 5.88. The van der Waals surface area contributed by atoms with Crippen LogP contribution in [0.1, 0.15) is 5.56 Å². The molecule has 1 aliphatic rings. The van der Waals surface area contributed by atoms with Gasteiger partial charge >= 0.3 is 0 Å². The molecule has 1 aromatic heterocycles. The second kappa shape index (κ2) is 4.72. The summed E-state index contributed by atoms with van der Waals surface area (Å²) in [4.78, 5) is 3.91. The Hall–Kier alpha value is -1.65. The molecule has 0 fully saturated rings. The molecule has 0 spiro atoms. The van der Waals surface area contributed by atoms with E-state index >= 15 is 0 Å². The summed E-state index contributed by atoms with van der Waals surface area (Å²) in [6.45, 7) is 1.10. The molecule has 0 unspecified atom stereocenters. The van der Waals surface area contributed by atoms with Crippen LogP contribution < -0.4 is 0 Å². The van der Waals surface area contributed by atoms with Crippen LogP contribution in [0.5, 0.6) is 0 Å². The number of rotatable bonds is 3. The molecule has 0 saturated heterocycles. The van der Waals surface area contributed by atoms with Crippen molar-refractivity contribution in [2.45, 2.75) is 0 Å². The standard InChI is InChI=1S/C10H12FN3O/c11-3-6-14-7-8-15-10(13-14)9-1-4-12-5-2-9/h1-2,4-5H,3,6-8H2. The van der Waals surface area contributed by atoms with E-state index in [2.05, 4.69) is 10.1 Å². The zero-order valence-corrected chi connectivity index (χ0v) is 8.27. The van der Waals surface area contributed by atoms with Crippen molar-refractivity contribution in [2.24, 2.45) is 5.10 Å². The predicted molar refractivity (Wildman–Crippen MR) is 54.3 cm³/mol. The van der Waals surface area contributed by atoms with Gasteiger partial charge in [0.25, 0.3) is 0 Å². The van der Waals surface area contributed by atoms with Crippen molar-refractivity contribution in [2.75, 3.05) is 26.4 Å². The van der Waals surface area contributed by atoms with E-state index in [0.717, 1.165) is 5.56 Å².